The average molecular weight is 609 g/mol. The van der Waals surface area contributed by atoms with Crippen LogP contribution in [0.5, 0.6) is 0 Å². The van der Waals surface area contributed by atoms with Gasteiger partial charge in [-0.05, 0) is 77.6 Å². The zero-order chi connectivity index (χ0) is 31.9. The molecule has 2 amide bonds. The number of benzene rings is 1. The van der Waals surface area contributed by atoms with Crippen LogP contribution in [-0.2, 0) is 31.8 Å². The van der Waals surface area contributed by atoms with Crippen LogP contribution < -0.4 is 5.32 Å². The Labute approximate surface area is 256 Å². The van der Waals surface area contributed by atoms with Gasteiger partial charge in [0.1, 0.15) is 16.9 Å². The van der Waals surface area contributed by atoms with Crippen molar-refractivity contribution in [3.05, 3.63) is 66.1 Å². The van der Waals surface area contributed by atoms with Crippen molar-refractivity contribution in [2.45, 2.75) is 83.8 Å². The molecule has 0 unspecified atom stereocenters. The summed E-state index contributed by atoms with van der Waals surface area (Å²) >= 11 is 0. The van der Waals surface area contributed by atoms with Gasteiger partial charge in [0.25, 0.3) is 0 Å². The Morgan fingerprint density at radius 2 is 1.61 bits per heavy atom. The van der Waals surface area contributed by atoms with E-state index in [4.69, 9.17) is 18.9 Å². The Morgan fingerprint density at radius 3 is 2.23 bits per heavy atom. The molecule has 3 aromatic rings. The monoisotopic (exact) mass is 608 g/mol. The molecular weight excluding hydrogens is 568 g/mol. The van der Waals surface area contributed by atoms with E-state index in [1.165, 1.54) is 4.90 Å². The Balaban J connectivity index is 1.58. The molecule has 4 rings (SSSR count). The van der Waals surface area contributed by atoms with Crippen LogP contribution in [-0.4, -0.2) is 86.2 Å². The second kappa shape index (κ2) is 13.7. The van der Waals surface area contributed by atoms with Crippen LogP contribution in [0.15, 0.2) is 55.0 Å². The predicted molar refractivity (Wildman–Crippen MR) is 160 cm³/mol. The minimum Gasteiger partial charge on any atom is -0.444 e. The fourth-order valence-corrected chi connectivity index (χ4v) is 4.69. The molecule has 1 aliphatic heterocycles. The SMILES string of the molecule is CC(C)(C)OC(=O)O[C@H]1CN(C(=O)OC(C)(C)C)[C@H](Cc2ccc(-c3c[nH]nn3)cc2)[C@@H]1OC(=O)NCCc1ccncc1. The summed E-state index contributed by atoms with van der Waals surface area (Å²) in [6, 6.07) is 10.6. The van der Waals surface area contributed by atoms with Crippen molar-refractivity contribution in [1.29, 1.82) is 0 Å². The van der Waals surface area contributed by atoms with Gasteiger partial charge in [-0.2, -0.15) is 0 Å². The van der Waals surface area contributed by atoms with Crippen LogP contribution in [0.1, 0.15) is 52.7 Å². The molecule has 1 aromatic carbocycles. The summed E-state index contributed by atoms with van der Waals surface area (Å²) in [6.45, 7) is 10.7. The third-order valence-corrected chi connectivity index (χ3v) is 6.57. The third-order valence-electron chi connectivity index (χ3n) is 6.57. The lowest BCUT2D eigenvalue weighted by Gasteiger charge is -2.30. The van der Waals surface area contributed by atoms with Crippen LogP contribution in [0.4, 0.5) is 14.4 Å². The quantitative estimate of drug-likeness (QED) is 0.272. The van der Waals surface area contributed by atoms with Crippen molar-refractivity contribution >= 4 is 18.3 Å². The molecule has 1 saturated heterocycles. The Kier molecular flexibility index (Phi) is 10.1. The van der Waals surface area contributed by atoms with Gasteiger partial charge in [0, 0.05) is 30.7 Å². The van der Waals surface area contributed by atoms with Gasteiger partial charge in [-0.25, -0.2) is 14.4 Å². The third kappa shape index (κ3) is 9.41. The maximum Gasteiger partial charge on any atom is 0.509 e. The molecule has 0 aliphatic carbocycles. The number of alkyl carbamates (subject to hydrolysis) is 1. The van der Waals surface area contributed by atoms with E-state index in [1.807, 2.05) is 36.4 Å². The second-order valence-corrected chi connectivity index (χ2v) is 12.5. The number of amides is 2. The van der Waals surface area contributed by atoms with E-state index in [1.54, 1.807) is 60.1 Å². The maximum atomic E-state index is 13.4. The van der Waals surface area contributed by atoms with Gasteiger partial charge in [0.2, 0.25) is 0 Å². The highest BCUT2D eigenvalue weighted by Crippen LogP contribution is 2.30. The van der Waals surface area contributed by atoms with Crippen molar-refractivity contribution < 1.29 is 33.3 Å². The number of nitrogens with one attached hydrogen (secondary N) is 2. The lowest BCUT2D eigenvalue weighted by molar-refractivity contribution is -0.0517. The summed E-state index contributed by atoms with van der Waals surface area (Å²) < 4.78 is 22.7. The molecule has 0 radical (unpaired) electrons. The molecule has 0 saturated carbocycles. The number of rotatable bonds is 8. The summed E-state index contributed by atoms with van der Waals surface area (Å²) in [4.78, 5) is 44.7. The number of likely N-dealkylation sites (tertiary alicyclic amines) is 1. The largest absolute Gasteiger partial charge is 0.509 e. The molecule has 236 valence electrons. The number of aromatic amines is 1. The van der Waals surface area contributed by atoms with Crippen molar-refractivity contribution in [2.24, 2.45) is 0 Å². The van der Waals surface area contributed by atoms with Gasteiger partial charge < -0.3 is 24.3 Å². The summed E-state index contributed by atoms with van der Waals surface area (Å²) in [7, 11) is 0. The molecule has 2 aromatic heterocycles. The fraction of sp³-hybridized carbons (Fsp3) is 0.484. The fourth-order valence-electron chi connectivity index (χ4n) is 4.69. The molecule has 2 N–H and O–H groups in total. The minimum absolute atomic E-state index is 0.0647. The number of nitrogens with zero attached hydrogens (tertiary/aromatic N) is 4. The molecule has 3 heterocycles. The normalized spacial score (nSPS) is 18.4. The first-order chi connectivity index (χ1) is 20.8. The van der Waals surface area contributed by atoms with Crippen LogP contribution in [0.3, 0.4) is 0 Å². The Morgan fingerprint density at radius 1 is 0.932 bits per heavy atom. The maximum absolute atomic E-state index is 13.4. The predicted octanol–water partition coefficient (Wildman–Crippen LogP) is 4.69. The zero-order valence-electron chi connectivity index (χ0n) is 25.9. The zero-order valence-corrected chi connectivity index (χ0v) is 25.9. The van der Waals surface area contributed by atoms with Gasteiger partial charge >= 0.3 is 18.3 Å². The standard InChI is InChI=1S/C31H40N6O7/c1-30(2,3)43-28(39)37-19-25(41-29(40)44-31(4,5)6)26(42-27(38)33-16-13-20-11-14-32-15-12-20)24(37)17-21-7-9-22(10-8-21)23-18-34-36-35-23/h7-12,14-15,18,24-26H,13,16-17,19H2,1-6H3,(H,33,38)(H,34,35,36)/t24-,25+,26+/m1/s1. The smallest absolute Gasteiger partial charge is 0.444 e. The van der Waals surface area contributed by atoms with E-state index in [2.05, 4.69) is 25.7 Å². The minimum atomic E-state index is -1.02. The van der Waals surface area contributed by atoms with Crippen molar-refractivity contribution in [3.8, 4) is 11.3 Å². The number of carbonyl (C=O) groups is 3. The molecule has 1 fully saturated rings. The van der Waals surface area contributed by atoms with Crippen LogP contribution >= 0.6 is 0 Å². The lowest BCUT2D eigenvalue weighted by Crippen LogP contribution is -2.46. The van der Waals surface area contributed by atoms with Gasteiger partial charge in [0.05, 0.1) is 12.6 Å². The van der Waals surface area contributed by atoms with Gasteiger partial charge in [-0.1, -0.05) is 29.5 Å². The van der Waals surface area contributed by atoms with Crippen LogP contribution in [0.25, 0.3) is 11.3 Å². The molecule has 1 aliphatic rings. The molecular formula is C31H40N6O7. The van der Waals surface area contributed by atoms with Gasteiger partial charge in [0.15, 0.2) is 12.2 Å². The topological polar surface area (TPSA) is 158 Å². The van der Waals surface area contributed by atoms with E-state index < -0.39 is 47.8 Å². The summed E-state index contributed by atoms with van der Waals surface area (Å²) in [6.07, 6.45) is 1.59. The summed E-state index contributed by atoms with van der Waals surface area (Å²) in [5, 5.41) is 13.2. The van der Waals surface area contributed by atoms with Crippen molar-refractivity contribution in [3.63, 3.8) is 0 Å². The number of hydrogen-bond acceptors (Lipinski definition) is 10. The molecule has 13 heteroatoms. The molecule has 44 heavy (non-hydrogen) atoms. The van der Waals surface area contributed by atoms with E-state index in [-0.39, 0.29) is 13.0 Å². The van der Waals surface area contributed by atoms with E-state index in [0.717, 1.165) is 16.7 Å². The molecule has 13 nitrogen and oxygen atoms in total. The van der Waals surface area contributed by atoms with E-state index in [9.17, 15) is 14.4 Å². The average Bonchev–Trinajstić information content (AvgIpc) is 3.57. The van der Waals surface area contributed by atoms with Crippen molar-refractivity contribution in [2.75, 3.05) is 13.1 Å². The summed E-state index contributed by atoms with van der Waals surface area (Å²) in [5.74, 6) is 0. The highest BCUT2D eigenvalue weighted by Gasteiger charge is 2.50. The first-order valence-electron chi connectivity index (χ1n) is 14.5. The number of H-pyrrole nitrogens is 1. The summed E-state index contributed by atoms with van der Waals surface area (Å²) in [5.41, 5.74) is 1.78. The van der Waals surface area contributed by atoms with E-state index in [0.29, 0.717) is 18.7 Å². The van der Waals surface area contributed by atoms with E-state index >= 15 is 0 Å². The number of aromatic nitrogens is 4. The lowest BCUT2D eigenvalue weighted by atomic mass is 9.99. The number of hydrogen-bond donors (Lipinski definition) is 2. The molecule has 0 spiro atoms. The number of ether oxygens (including phenoxy) is 4. The number of pyridine rings is 1. The molecule has 0 bridgehead atoms. The first kappa shape index (κ1) is 32.2. The van der Waals surface area contributed by atoms with Crippen LogP contribution in [0, 0.1) is 0 Å². The van der Waals surface area contributed by atoms with Crippen LogP contribution in [0.2, 0.25) is 0 Å². The molecule has 3 atom stereocenters. The second-order valence-electron chi connectivity index (χ2n) is 12.5. The van der Waals surface area contributed by atoms with Crippen molar-refractivity contribution in [1.82, 2.24) is 30.6 Å². The highest BCUT2D eigenvalue weighted by atomic mass is 16.7. The van der Waals surface area contributed by atoms with Gasteiger partial charge in [-0.15, -0.1) is 5.10 Å². The highest BCUT2D eigenvalue weighted by molar-refractivity contribution is 5.71. The Hall–Kier alpha value is -4.68. The van der Waals surface area contributed by atoms with Gasteiger partial charge in [-0.3, -0.25) is 15.0 Å². The Bertz CT molecular complexity index is 1390. The number of carbonyl (C=O) groups excluding carboxylic acids is 3. The first-order valence-corrected chi connectivity index (χ1v) is 14.5.